The molecule has 0 radical (unpaired) electrons. The maximum absolute atomic E-state index is 13.1. The van der Waals surface area contributed by atoms with E-state index in [0.717, 1.165) is 34.1 Å². The van der Waals surface area contributed by atoms with E-state index in [1.165, 1.54) is 12.1 Å². The summed E-state index contributed by atoms with van der Waals surface area (Å²) in [6.07, 6.45) is 1.78. The van der Waals surface area contributed by atoms with Gasteiger partial charge in [0, 0.05) is 5.56 Å². The molecule has 0 spiro atoms. The third-order valence-corrected chi connectivity index (χ3v) is 4.13. The average molecular weight is 344 g/mol. The SMILES string of the molecule is CCCc1nc(-c2ccc(F)cc2C)nc(Cl)c1Br. The van der Waals surface area contributed by atoms with Crippen molar-refractivity contribution in [2.75, 3.05) is 0 Å². The number of aryl methyl sites for hydroxylation is 2. The molecule has 1 aromatic heterocycles. The lowest BCUT2D eigenvalue weighted by Gasteiger charge is -2.09. The van der Waals surface area contributed by atoms with Gasteiger partial charge in [0.1, 0.15) is 11.0 Å². The van der Waals surface area contributed by atoms with Crippen molar-refractivity contribution in [2.45, 2.75) is 26.7 Å². The van der Waals surface area contributed by atoms with Gasteiger partial charge in [-0.15, -0.1) is 0 Å². The van der Waals surface area contributed by atoms with Gasteiger partial charge in [0.25, 0.3) is 0 Å². The van der Waals surface area contributed by atoms with Crippen molar-refractivity contribution in [1.29, 1.82) is 0 Å². The molecular weight excluding hydrogens is 331 g/mol. The molecule has 1 heterocycles. The van der Waals surface area contributed by atoms with Crippen LogP contribution in [0.25, 0.3) is 11.4 Å². The quantitative estimate of drug-likeness (QED) is 0.736. The Morgan fingerprint density at radius 3 is 2.68 bits per heavy atom. The number of benzene rings is 1. The van der Waals surface area contributed by atoms with Crippen molar-refractivity contribution < 1.29 is 4.39 Å². The van der Waals surface area contributed by atoms with Crippen LogP contribution in [0.4, 0.5) is 4.39 Å². The summed E-state index contributed by atoms with van der Waals surface area (Å²) in [7, 11) is 0. The van der Waals surface area contributed by atoms with E-state index in [1.54, 1.807) is 6.07 Å². The molecule has 5 heteroatoms. The van der Waals surface area contributed by atoms with Crippen molar-refractivity contribution in [3.63, 3.8) is 0 Å². The Bertz CT molecular complexity index is 617. The highest BCUT2D eigenvalue weighted by Crippen LogP contribution is 2.29. The van der Waals surface area contributed by atoms with E-state index in [9.17, 15) is 4.39 Å². The topological polar surface area (TPSA) is 25.8 Å². The van der Waals surface area contributed by atoms with Crippen molar-refractivity contribution in [2.24, 2.45) is 0 Å². The predicted molar refractivity (Wildman–Crippen MR) is 78.9 cm³/mol. The Balaban J connectivity index is 2.56. The predicted octanol–water partition coefficient (Wildman–Crippen LogP) is 4.96. The molecule has 100 valence electrons. The Morgan fingerprint density at radius 1 is 1.32 bits per heavy atom. The van der Waals surface area contributed by atoms with Gasteiger partial charge in [0.05, 0.1) is 10.2 Å². The van der Waals surface area contributed by atoms with Gasteiger partial charge in [0.15, 0.2) is 5.82 Å². The van der Waals surface area contributed by atoms with Gasteiger partial charge < -0.3 is 0 Å². The van der Waals surface area contributed by atoms with Crippen molar-refractivity contribution in [1.82, 2.24) is 9.97 Å². The van der Waals surface area contributed by atoms with Crippen LogP contribution in [0.1, 0.15) is 24.6 Å². The zero-order chi connectivity index (χ0) is 14.0. The van der Waals surface area contributed by atoms with Gasteiger partial charge >= 0.3 is 0 Å². The van der Waals surface area contributed by atoms with Gasteiger partial charge in [0.2, 0.25) is 0 Å². The molecule has 0 fully saturated rings. The van der Waals surface area contributed by atoms with Crippen LogP contribution in [0, 0.1) is 12.7 Å². The van der Waals surface area contributed by atoms with E-state index < -0.39 is 0 Å². The number of halogens is 3. The van der Waals surface area contributed by atoms with Gasteiger partial charge in [-0.05, 0) is 53.0 Å². The zero-order valence-electron chi connectivity index (χ0n) is 10.7. The number of rotatable bonds is 3. The van der Waals surface area contributed by atoms with Crippen LogP contribution in [0.15, 0.2) is 22.7 Å². The second kappa shape index (κ2) is 5.97. The molecule has 19 heavy (non-hydrogen) atoms. The number of nitrogens with zero attached hydrogens (tertiary/aromatic N) is 2. The van der Waals surface area contributed by atoms with Crippen LogP contribution in [0.3, 0.4) is 0 Å². The standard InChI is InChI=1S/C14H13BrClFN2/c1-3-4-11-12(15)13(16)19-14(18-11)10-6-5-9(17)7-8(10)2/h5-7H,3-4H2,1-2H3. The minimum atomic E-state index is -0.266. The summed E-state index contributed by atoms with van der Waals surface area (Å²) in [6.45, 7) is 3.91. The Kier molecular flexibility index (Phi) is 4.53. The van der Waals surface area contributed by atoms with Crippen molar-refractivity contribution >= 4 is 27.5 Å². The highest BCUT2D eigenvalue weighted by atomic mass is 79.9. The highest BCUT2D eigenvalue weighted by molar-refractivity contribution is 9.10. The summed E-state index contributed by atoms with van der Waals surface area (Å²) in [5.41, 5.74) is 2.47. The summed E-state index contributed by atoms with van der Waals surface area (Å²) >= 11 is 9.52. The molecule has 0 bridgehead atoms. The molecule has 0 amide bonds. The summed E-state index contributed by atoms with van der Waals surface area (Å²) < 4.78 is 13.9. The van der Waals surface area contributed by atoms with Gasteiger partial charge in [-0.3, -0.25) is 0 Å². The smallest absolute Gasteiger partial charge is 0.161 e. The third kappa shape index (κ3) is 3.12. The first-order chi connectivity index (χ1) is 9.02. The first kappa shape index (κ1) is 14.4. The van der Waals surface area contributed by atoms with E-state index >= 15 is 0 Å². The van der Waals surface area contributed by atoms with Gasteiger partial charge in [-0.2, -0.15) is 0 Å². The van der Waals surface area contributed by atoms with Crippen LogP contribution in [0.2, 0.25) is 5.15 Å². The Labute approximate surface area is 125 Å². The van der Waals surface area contributed by atoms with Crippen LogP contribution in [-0.4, -0.2) is 9.97 Å². The van der Waals surface area contributed by atoms with Gasteiger partial charge in [-0.25, -0.2) is 14.4 Å². The third-order valence-electron chi connectivity index (χ3n) is 2.80. The highest BCUT2D eigenvalue weighted by Gasteiger charge is 2.13. The number of aromatic nitrogens is 2. The number of hydrogen-bond acceptors (Lipinski definition) is 2. The van der Waals surface area contributed by atoms with E-state index in [-0.39, 0.29) is 5.82 Å². The molecule has 0 aliphatic rings. The Morgan fingerprint density at radius 2 is 2.05 bits per heavy atom. The summed E-state index contributed by atoms with van der Waals surface area (Å²) in [5, 5.41) is 0.386. The normalized spacial score (nSPS) is 10.8. The van der Waals surface area contributed by atoms with Crippen molar-refractivity contribution in [3.05, 3.63) is 44.9 Å². The zero-order valence-corrected chi connectivity index (χ0v) is 13.0. The molecule has 0 atom stereocenters. The molecule has 0 aliphatic carbocycles. The number of hydrogen-bond donors (Lipinski definition) is 0. The average Bonchev–Trinajstić information content (AvgIpc) is 2.35. The fourth-order valence-electron chi connectivity index (χ4n) is 1.86. The van der Waals surface area contributed by atoms with E-state index in [1.807, 2.05) is 6.92 Å². The fraction of sp³-hybridized carbons (Fsp3) is 0.286. The first-order valence-corrected chi connectivity index (χ1v) is 7.18. The molecule has 1 aromatic carbocycles. The lowest BCUT2D eigenvalue weighted by molar-refractivity contribution is 0.627. The molecule has 0 N–H and O–H groups in total. The first-order valence-electron chi connectivity index (χ1n) is 6.01. The molecule has 0 saturated heterocycles. The summed E-state index contributed by atoms with van der Waals surface area (Å²) in [4.78, 5) is 8.78. The molecular formula is C14H13BrClFN2. The largest absolute Gasteiger partial charge is 0.232 e. The lowest BCUT2D eigenvalue weighted by atomic mass is 10.1. The second-order valence-electron chi connectivity index (χ2n) is 4.31. The van der Waals surface area contributed by atoms with E-state index in [2.05, 4.69) is 32.8 Å². The summed E-state index contributed by atoms with van der Waals surface area (Å²) in [5.74, 6) is 0.271. The molecule has 2 rings (SSSR count). The van der Waals surface area contributed by atoms with Gasteiger partial charge in [-0.1, -0.05) is 24.9 Å². The Hall–Kier alpha value is -1.00. The molecule has 0 saturated carbocycles. The van der Waals surface area contributed by atoms with E-state index in [4.69, 9.17) is 11.6 Å². The van der Waals surface area contributed by atoms with Crippen LogP contribution in [0.5, 0.6) is 0 Å². The minimum Gasteiger partial charge on any atom is -0.232 e. The minimum absolute atomic E-state index is 0.266. The van der Waals surface area contributed by atoms with Crippen LogP contribution in [-0.2, 0) is 6.42 Å². The second-order valence-corrected chi connectivity index (χ2v) is 5.46. The molecule has 0 aliphatic heterocycles. The lowest BCUT2D eigenvalue weighted by Crippen LogP contribution is -1.99. The van der Waals surface area contributed by atoms with Crippen molar-refractivity contribution in [3.8, 4) is 11.4 Å². The molecule has 2 aromatic rings. The van der Waals surface area contributed by atoms with Crippen LogP contribution >= 0.6 is 27.5 Å². The fourth-order valence-corrected chi connectivity index (χ4v) is 2.43. The maximum Gasteiger partial charge on any atom is 0.161 e. The monoisotopic (exact) mass is 342 g/mol. The van der Waals surface area contributed by atoms with E-state index in [0.29, 0.717) is 11.0 Å². The molecule has 0 unspecified atom stereocenters. The summed E-state index contributed by atoms with van der Waals surface area (Å²) in [6, 6.07) is 4.55. The van der Waals surface area contributed by atoms with Crippen LogP contribution < -0.4 is 0 Å². The maximum atomic E-state index is 13.1. The molecule has 2 nitrogen and oxygen atoms in total.